The lowest BCUT2D eigenvalue weighted by Gasteiger charge is -2.30. The summed E-state index contributed by atoms with van der Waals surface area (Å²) in [6, 6.07) is 5.25. The summed E-state index contributed by atoms with van der Waals surface area (Å²) in [6.07, 6.45) is -6.45. The van der Waals surface area contributed by atoms with Gasteiger partial charge in [-0.3, -0.25) is 4.40 Å². The number of likely N-dealkylation sites (N-methyl/N-ethyl adjacent to an activating group) is 1. The molecule has 1 N–H and O–H groups in total. The maximum absolute atomic E-state index is 13.1. The molecule has 172 valence electrons. The van der Waals surface area contributed by atoms with Crippen LogP contribution >= 0.6 is 0 Å². The van der Waals surface area contributed by atoms with E-state index in [1.165, 1.54) is 0 Å². The van der Waals surface area contributed by atoms with Crippen molar-refractivity contribution < 1.29 is 31.1 Å². The molecule has 1 unspecified atom stereocenters. The Hall–Kier alpha value is -3.02. The van der Waals surface area contributed by atoms with Crippen LogP contribution in [0.15, 0.2) is 36.5 Å². The lowest BCUT2D eigenvalue weighted by atomic mass is 10.1. The van der Waals surface area contributed by atoms with Crippen LogP contribution in [0.5, 0.6) is 5.75 Å². The Morgan fingerprint density at radius 1 is 1.09 bits per heavy atom. The summed E-state index contributed by atoms with van der Waals surface area (Å²) >= 11 is 0. The van der Waals surface area contributed by atoms with Crippen molar-refractivity contribution in [1.82, 2.24) is 19.5 Å². The highest BCUT2D eigenvalue weighted by Crippen LogP contribution is 2.40. The van der Waals surface area contributed by atoms with E-state index in [0.717, 1.165) is 32.0 Å². The normalized spacial score (nSPS) is 18.2. The third-order valence-corrected chi connectivity index (χ3v) is 5.21. The quantitative estimate of drug-likeness (QED) is 0.567. The van der Waals surface area contributed by atoms with Crippen LogP contribution in [0, 0.1) is 0 Å². The number of ether oxygens (including phenoxy) is 1. The fourth-order valence-corrected chi connectivity index (χ4v) is 3.82. The number of alkyl halides is 6. The molecule has 0 saturated carbocycles. The molecule has 0 radical (unpaired) electrons. The van der Waals surface area contributed by atoms with Gasteiger partial charge in [0.1, 0.15) is 11.4 Å². The van der Waals surface area contributed by atoms with Gasteiger partial charge in [-0.05, 0) is 56.8 Å². The highest BCUT2D eigenvalue weighted by molar-refractivity contribution is 5.81. The summed E-state index contributed by atoms with van der Waals surface area (Å²) < 4.78 is 83.4. The minimum absolute atomic E-state index is 0.0331. The number of hydrogen-bond donors (Lipinski definition) is 1. The van der Waals surface area contributed by atoms with Crippen molar-refractivity contribution in [3.63, 3.8) is 0 Å². The zero-order valence-corrected chi connectivity index (χ0v) is 16.8. The lowest BCUT2D eigenvalue weighted by Crippen LogP contribution is -2.40. The molecule has 6 nitrogen and oxygen atoms in total. The summed E-state index contributed by atoms with van der Waals surface area (Å²) in [7, 11) is 2.00. The summed E-state index contributed by atoms with van der Waals surface area (Å²) in [5.74, 6) is -0.612. The SMILES string of the molecule is CN1CCCC(Nc2nnc(-c3ccc(C(F)(F)F)cc3OC(F)(F)F)c3cccn23)C1. The number of benzene rings is 1. The predicted molar refractivity (Wildman–Crippen MR) is 104 cm³/mol. The Morgan fingerprint density at radius 2 is 1.88 bits per heavy atom. The number of anilines is 1. The maximum atomic E-state index is 13.1. The first kappa shape index (κ1) is 22.2. The maximum Gasteiger partial charge on any atom is 0.573 e. The monoisotopic (exact) mass is 459 g/mol. The number of piperidine rings is 1. The summed E-state index contributed by atoms with van der Waals surface area (Å²) in [4.78, 5) is 2.17. The Bertz CT molecular complexity index is 1110. The van der Waals surface area contributed by atoms with Gasteiger partial charge in [-0.15, -0.1) is 23.4 Å². The van der Waals surface area contributed by atoms with Crippen molar-refractivity contribution in [2.45, 2.75) is 31.4 Å². The van der Waals surface area contributed by atoms with Gasteiger partial charge in [0.15, 0.2) is 0 Å². The summed E-state index contributed by atoms with van der Waals surface area (Å²) in [5, 5.41) is 11.4. The molecule has 0 aliphatic carbocycles. The van der Waals surface area contributed by atoms with E-state index in [4.69, 9.17) is 0 Å². The summed E-state index contributed by atoms with van der Waals surface area (Å²) in [5.41, 5.74) is -1.18. The van der Waals surface area contributed by atoms with Crippen molar-refractivity contribution in [2.75, 3.05) is 25.5 Å². The van der Waals surface area contributed by atoms with E-state index in [2.05, 4.69) is 25.2 Å². The van der Waals surface area contributed by atoms with Crippen LogP contribution in [0.2, 0.25) is 0 Å². The van der Waals surface area contributed by atoms with E-state index >= 15 is 0 Å². The van der Waals surface area contributed by atoms with Gasteiger partial charge in [0, 0.05) is 24.3 Å². The molecule has 1 fully saturated rings. The van der Waals surface area contributed by atoms with Crippen LogP contribution in [-0.4, -0.2) is 52.0 Å². The Morgan fingerprint density at radius 3 is 2.56 bits per heavy atom. The molecule has 4 rings (SSSR count). The van der Waals surface area contributed by atoms with Crippen molar-refractivity contribution in [3.05, 3.63) is 42.1 Å². The molecule has 0 amide bonds. The van der Waals surface area contributed by atoms with Gasteiger partial charge < -0.3 is 15.0 Å². The van der Waals surface area contributed by atoms with Crippen molar-refractivity contribution in [1.29, 1.82) is 0 Å². The van der Waals surface area contributed by atoms with Gasteiger partial charge in [0.05, 0.1) is 11.1 Å². The van der Waals surface area contributed by atoms with Crippen LogP contribution in [0.3, 0.4) is 0 Å². The molecule has 0 spiro atoms. The van der Waals surface area contributed by atoms with Crippen LogP contribution < -0.4 is 10.1 Å². The van der Waals surface area contributed by atoms with Gasteiger partial charge in [-0.1, -0.05) is 0 Å². The summed E-state index contributed by atoms with van der Waals surface area (Å²) in [6.45, 7) is 1.77. The molecular formula is C20H19F6N5O. The second-order valence-corrected chi connectivity index (χ2v) is 7.64. The smallest absolute Gasteiger partial charge is 0.405 e. The zero-order chi connectivity index (χ0) is 23.1. The van der Waals surface area contributed by atoms with Gasteiger partial charge >= 0.3 is 12.5 Å². The molecule has 1 aromatic carbocycles. The van der Waals surface area contributed by atoms with E-state index in [1.54, 1.807) is 22.7 Å². The minimum Gasteiger partial charge on any atom is -0.405 e. The molecule has 3 heterocycles. The van der Waals surface area contributed by atoms with E-state index in [9.17, 15) is 26.3 Å². The fraction of sp³-hybridized carbons (Fsp3) is 0.400. The molecule has 3 aromatic rings. The highest BCUT2D eigenvalue weighted by atomic mass is 19.4. The van der Waals surface area contributed by atoms with E-state index < -0.39 is 23.9 Å². The third kappa shape index (κ3) is 4.74. The number of halogens is 6. The molecule has 32 heavy (non-hydrogen) atoms. The van der Waals surface area contributed by atoms with Gasteiger partial charge in [0.2, 0.25) is 5.95 Å². The van der Waals surface area contributed by atoms with Crippen molar-refractivity contribution in [2.24, 2.45) is 0 Å². The topological polar surface area (TPSA) is 54.7 Å². The largest absolute Gasteiger partial charge is 0.573 e. The number of rotatable bonds is 4. The first-order valence-corrected chi connectivity index (χ1v) is 9.77. The Kier molecular flexibility index (Phi) is 5.65. The molecule has 1 aliphatic heterocycles. The molecule has 1 aliphatic rings. The molecule has 2 aromatic heterocycles. The average Bonchev–Trinajstić information content (AvgIpc) is 3.17. The number of likely N-dealkylation sites (tertiary alicyclic amines) is 1. The number of hydrogen-bond acceptors (Lipinski definition) is 5. The minimum atomic E-state index is -5.18. The first-order chi connectivity index (χ1) is 15.0. The van der Waals surface area contributed by atoms with Gasteiger partial charge in [0.25, 0.3) is 0 Å². The van der Waals surface area contributed by atoms with Crippen molar-refractivity contribution >= 4 is 11.5 Å². The van der Waals surface area contributed by atoms with E-state index in [0.29, 0.717) is 23.6 Å². The Labute approximate surface area is 178 Å². The standard InChI is InChI=1S/C20H19F6N5O/c1-30-8-2-4-13(11-30)27-18-29-28-17(15-5-3-9-31(15)18)14-7-6-12(19(21,22)23)10-16(14)32-20(24,25)26/h3,5-7,9-10,13H,2,4,8,11H2,1H3,(H,27,29). The number of aromatic nitrogens is 3. The number of nitrogens with one attached hydrogen (secondary N) is 1. The number of fused-ring (bicyclic) bond motifs is 1. The lowest BCUT2D eigenvalue weighted by molar-refractivity contribution is -0.274. The third-order valence-electron chi connectivity index (χ3n) is 5.21. The predicted octanol–water partition coefficient (Wildman–Crippen LogP) is 4.82. The second-order valence-electron chi connectivity index (χ2n) is 7.64. The van der Waals surface area contributed by atoms with E-state index in [-0.39, 0.29) is 17.3 Å². The van der Waals surface area contributed by atoms with Crippen molar-refractivity contribution in [3.8, 4) is 17.0 Å². The Balaban J connectivity index is 1.76. The van der Waals surface area contributed by atoms with Gasteiger partial charge in [-0.2, -0.15) is 13.2 Å². The molecule has 1 saturated heterocycles. The second kappa shape index (κ2) is 8.15. The molecule has 0 bridgehead atoms. The van der Waals surface area contributed by atoms with Crippen LogP contribution in [0.1, 0.15) is 18.4 Å². The molecular weight excluding hydrogens is 440 g/mol. The zero-order valence-electron chi connectivity index (χ0n) is 16.8. The highest BCUT2D eigenvalue weighted by Gasteiger charge is 2.36. The van der Waals surface area contributed by atoms with Crippen LogP contribution in [0.25, 0.3) is 16.8 Å². The van der Waals surface area contributed by atoms with Gasteiger partial charge in [-0.25, -0.2) is 0 Å². The number of nitrogens with zero attached hydrogens (tertiary/aromatic N) is 4. The molecule has 12 heteroatoms. The first-order valence-electron chi connectivity index (χ1n) is 9.77. The van der Waals surface area contributed by atoms with E-state index in [1.807, 2.05) is 7.05 Å². The average molecular weight is 459 g/mol. The fourth-order valence-electron chi connectivity index (χ4n) is 3.82. The van der Waals surface area contributed by atoms with Crippen LogP contribution in [-0.2, 0) is 6.18 Å². The molecule has 1 atom stereocenters. The van der Waals surface area contributed by atoms with Crippen LogP contribution in [0.4, 0.5) is 32.3 Å².